The molecular formula is C16H19N7O4. The first-order chi connectivity index (χ1) is 13.0. The van der Waals surface area contributed by atoms with E-state index in [1.165, 1.54) is 23.1 Å². The molecule has 1 fully saturated rings. The fraction of sp³-hybridized carbons (Fsp3) is 0.375. The van der Waals surface area contributed by atoms with Gasteiger partial charge in [-0.3, -0.25) is 4.79 Å². The standard InChI is InChI=1S/C16H19N7O4/c24-14(10-23-11-18-19-20-23)21-4-6-22(7-5-21)16(27)17-9-12-2-1-3-13(8-12)15(25)26/h1-3,8,11H,4-7,9-10H2,(H,17,27)(H,25,26). The molecule has 11 nitrogen and oxygen atoms in total. The molecule has 0 atom stereocenters. The van der Waals surface area contributed by atoms with Gasteiger partial charge in [-0.1, -0.05) is 12.1 Å². The van der Waals surface area contributed by atoms with Crippen molar-refractivity contribution in [1.82, 2.24) is 35.3 Å². The van der Waals surface area contributed by atoms with E-state index >= 15 is 0 Å². The van der Waals surface area contributed by atoms with Crippen LogP contribution in [0.25, 0.3) is 0 Å². The van der Waals surface area contributed by atoms with Crippen molar-refractivity contribution in [2.75, 3.05) is 26.2 Å². The molecule has 2 N–H and O–H groups in total. The molecule has 3 rings (SSSR count). The Kier molecular flexibility index (Phi) is 5.59. The molecular weight excluding hydrogens is 354 g/mol. The minimum absolute atomic E-state index is 0.0686. The number of hydrogen-bond acceptors (Lipinski definition) is 6. The van der Waals surface area contributed by atoms with Gasteiger partial charge < -0.3 is 20.2 Å². The summed E-state index contributed by atoms with van der Waals surface area (Å²) in [5, 5.41) is 22.4. The first-order valence-electron chi connectivity index (χ1n) is 8.36. The summed E-state index contributed by atoms with van der Waals surface area (Å²) in [6, 6.07) is 6.17. The van der Waals surface area contributed by atoms with Gasteiger partial charge in [0.15, 0.2) is 0 Å². The van der Waals surface area contributed by atoms with E-state index in [0.29, 0.717) is 31.7 Å². The highest BCUT2D eigenvalue weighted by Crippen LogP contribution is 2.07. The minimum Gasteiger partial charge on any atom is -0.478 e. The predicted octanol–water partition coefficient (Wildman–Crippen LogP) is -0.575. The van der Waals surface area contributed by atoms with Gasteiger partial charge in [-0.25, -0.2) is 14.3 Å². The normalized spacial score (nSPS) is 14.1. The van der Waals surface area contributed by atoms with Gasteiger partial charge >= 0.3 is 12.0 Å². The molecule has 0 spiro atoms. The number of amides is 3. The third-order valence-electron chi connectivity index (χ3n) is 4.23. The van der Waals surface area contributed by atoms with Gasteiger partial charge in [0.2, 0.25) is 5.91 Å². The first kappa shape index (κ1) is 18.3. The number of piperazine rings is 1. The number of benzene rings is 1. The van der Waals surface area contributed by atoms with E-state index in [2.05, 4.69) is 20.8 Å². The zero-order valence-corrected chi connectivity index (χ0v) is 14.5. The SMILES string of the molecule is O=C(O)c1cccc(CNC(=O)N2CCN(C(=O)Cn3cnnn3)CC2)c1. The molecule has 1 aromatic carbocycles. The summed E-state index contributed by atoms with van der Waals surface area (Å²) >= 11 is 0. The average Bonchev–Trinajstić information content (AvgIpc) is 3.19. The van der Waals surface area contributed by atoms with E-state index in [4.69, 9.17) is 5.11 Å². The Balaban J connectivity index is 1.45. The molecule has 0 unspecified atom stereocenters. The number of nitrogens with one attached hydrogen (secondary N) is 1. The minimum atomic E-state index is -1.01. The molecule has 1 aliphatic rings. The Hall–Kier alpha value is -3.50. The second-order valence-corrected chi connectivity index (χ2v) is 6.04. The summed E-state index contributed by atoms with van der Waals surface area (Å²) in [5.41, 5.74) is 0.884. The van der Waals surface area contributed by atoms with E-state index in [1.807, 2.05) is 0 Å². The van der Waals surface area contributed by atoms with E-state index in [0.717, 1.165) is 0 Å². The Morgan fingerprint density at radius 3 is 2.52 bits per heavy atom. The van der Waals surface area contributed by atoms with Crippen LogP contribution >= 0.6 is 0 Å². The Morgan fingerprint density at radius 2 is 1.85 bits per heavy atom. The van der Waals surface area contributed by atoms with Crippen molar-refractivity contribution in [3.05, 3.63) is 41.7 Å². The molecule has 11 heteroatoms. The van der Waals surface area contributed by atoms with Crippen molar-refractivity contribution >= 4 is 17.9 Å². The number of carboxylic acids is 1. The number of carbonyl (C=O) groups excluding carboxylic acids is 2. The van der Waals surface area contributed by atoms with Crippen LogP contribution in [-0.2, 0) is 17.9 Å². The number of carbonyl (C=O) groups is 3. The largest absolute Gasteiger partial charge is 0.478 e. The molecule has 1 aliphatic heterocycles. The van der Waals surface area contributed by atoms with Crippen LogP contribution in [0.5, 0.6) is 0 Å². The Morgan fingerprint density at radius 1 is 1.11 bits per heavy atom. The van der Waals surface area contributed by atoms with Crippen LogP contribution in [0.1, 0.15) is 15.9 Å². The summed E-state index contributed by atoms with van der Waals surface area (Å²) in [4.78, 5) is 38.7. The smallest absolute Gasteiger partial charge is 0.335 e. The number of nitrogens with zero attached hydrogens (tertiary/aromatic N) is 6. The predicted molar refractivity (Wildman–Crippen MR) is 91.6 cm³/mol. The highest BCUT2D eigenvalue weighted by Gasteiger charge is 2.24. The van der Waals surface area contributed by atoms with Crippen LogP contribution in [0.15, 0.2) is 30.6 Å². The summed E-state index contributed by atoms with van der Waals surface area (Å²) < 4.78 is 1.35. The summed E-state index contributed by atoms with van der Waals surface area (Å²) in [7, 11) is 0. The molecule has 1 aromatic heterocycles. The van der Waals surface area contributed by atoms with Gasteiger partial charge in [-0.15, -0.1) is 5.10 Å². The molecule has 2 aromatic rings. The van der Waals surface area contributed by atoms with Gasteiger partial charge in [0.1, 0.15) is 12.9 Å². The lowest BCUT2D eigenvalue weighted by atomic mass is 10.1. The van der Waals surface area contributed by atoms with Crippen molar-refractivity contribution in [2.45, 2.75) is 13.1 Å². The lowest BCUT2D eigenvalue weighted by Gasteiger charge is -2.34. The number of tetrazole rings is 1. The van der Waals surface area contributed by atoms with Crippen LogP contribution in [0.2, 0.25) is 0 Å². The molecule has 1 saturated heterocycles. The van der Waals surface area contributed by atoms with Crippen molar-refractivity contribution in [3.63, 3.8) is 0 Å². The maximum Gasteiger partial charge on any atom is 0.335 e. The number of carboxylic acid groups (broad SMARTS) is 1. The van der Waals surface area contributed by atoms with Gasteiger partial charge in [0.25, 0.3) is 0 Å². The topological polar surface area (TPSA) is 134 Å². The Labute approximate surface area is 154 Å². The summed E-state index contributed by atoms with van der Waals surface area (Å²) in [6.45, 7) is 2.01. The maximum atomic E-state index is 12.3. The third kappa shape index (κ3) is 4.77. The lowest BCUT2D eigenvalue weighted by molar-refractivity contribution is -0.133. The molecule has 0 bridgehead atoms. The van der Waals surface area contributed by atoms with E-state index in [-0.39, 0.29) is 30.6 Å². The zero-order chi connectivity index (χ0) is 19.2. The monoisotopic (exact) mass is 373 g/mol. The van der Waals surface area contributed by atoms with Crippen molar-refractivity contribution in [2.24, 2.45) is 0 Å². The van der Waals surface area contributed by atoms with E-state index in [9.17, 15) is 14.4 Å². The number of rotatable bonds is 5. The van der Waals surface area contributed by atoms with Crippen LogP contribution in [-0.4, -0.2) is 79.2 Å². The molecule has 3 amide bonds. The van der Waals surface area contributed by atoms with Gasteiger partial charge in [0, 0.05) is 32.7 Å². The van der Waals surface area contributed by atoms with Crippen LogP contribution < -0.4 is 5.32 Å². The second-order valence-electron chi connectivity index (χ2n) is 6.04. The fourth-order valence-corrected chi connectivity index (χ4v) is 2.75. The molecule has 0 saturated carbocycles. The maximum absolute atomic E-state index is 12.3. The Bertz CT molecular complexity index is 816. The van der Waals surface area contributed by atoms with Gasteiger partial charge in [-0.05, 0) is 28.1 Å². The molecule has 0 radical (unpaired) electrons. The fourth-order valence-electron chi connectivity index (χ4n) is 2.75. The average molecular weight is 373 g/mol. The first-order valence-corrected chi connectivity index (χ1v) is 8.36. The highest BCUT2D eigenvalue weighted by atomic mass is 16.4. The molecule has 142 valence electrons. The van der Waals surface area contributed by atoms with Gasteiger partial charge in [-0.2, -0.15) is 0 Å². The van der Waals surface area contributed by atoms with Crippen molar-refractivity contribution in [3.8, 4) is 0 Å². The van der Waals surface area contributed by atoms with Crippen molar-refractivity contribution in [1.29, 1.82) is 0 Å². The molecule has 0 aliphatic carbocycles. The van der Waals surface area contributed by atoms with Crippen LogP contribution in [0.3, 0.4) is 0 Å². The number of aromatic carboxylic acids is 1. The van der Waals surface area contributed by atoms with Crippen LogP contribution in [0.4, 0.5) is 4.79 Å². The zero-order valence-electron chi connectivity index (χ0n) is 14.5. The number of urea groups is 1. The number of hydrogen-bond donors (Lipinski definition) is 2. The lowest BCUT2D eigenvalue weighted by Crippen LogP contribution is -2.53. The summed E-state index contributed by atoms with van der Waals surface area (Å²) in [5.74, 6) is -1.11. The number of aromatic nitrogens is 4. The van der Waals surface area contributed by atoms with Crippen molar-refractivity contribution < 1.29 is 19.5 Å². The second kappa shape index (κ2) is 8.25. The van der Waals surface area contributed by atoms with E-state index < -0.39 is 5.97 Å². The van der Waals surface area contributed by atoms with E-state index in [1.54, 1.807) is 21.9 Å². The quantitative estimate of drug-likeness (QED) is 0.716. The van der Waals surface area contributed by atoms with Gasteiger partial charge in [0.05, 0.1) is 5.56 Å². The van der Waals surface area contributed by atoms with Crippen LogP contribution in [0, 0.1) is 0 Å². The highest BCUT2D eigenvalue weighted by molar-refractivity contribution is 5.87. The third-order valence-corrected chi connectivity index (χ3v) is 4.23. The molecule has 27 heavy (non-hydrogen) atoms. The summed E-state index contributed by atoms with van der Waals surface area (Å²) in [6.07, 6.45) is 1.38. The molecule has 2 heterocycles.